The van der Waals surface area contributed by atoms with E-state index in [2.05, 4.69) is 5.32 Å². The van der Waals surface area contributed by atoms with Crippen molar-refractivity contribution in [1.82, 2.24) is 5.32 Å². The van der Waals surface area contributed by atoms with Crippen LogP contribution in [-0.2, 0) is 42.9 Å². The summed E-state index contributed by atoms with van der Waals surface area (Å²) in [5.74, 6) is -2.93. The molecule has 0 bridgehead atoms. The van der Waals surface area contributed by atoms with Gasteiger partial charge in [0.15, 0.2) is 5.76 Å². The highest BCUT2D eigenvalue weighted by molar-refractivity contribution is 6.14. The summed E-state index contributed by atoms with van der Waals surface area (Å²) >= 11 is 0. The molecule has 11 nitrogen and oxygen atoms in total. The van der Waals surface area contributed by atoms with E-state index in [9.17, 15) is 24.0 Å². The van der Waals surface area contributed by atoms with Gasteiger partial charge in [0.25, 0.3) is 0 Å². The number of fused-ring (bicyclic) bond motifs is 4. The third-order valence-corrected chi connectivity index (χ3v) is 8.13. The van der Waals surface area contributed by atoms with Crippen molar-refractivity contribution in [2.24, 2.45) is 22.5 Å². The monoisotopic (exact) mass is 516 g/mol. The standard InChI is InChI=1S/C26H32N2O9/c1-12(29)36-15-8-25(2)14(6-7-16(25)30)19-21(15)26(3)17(11-34-4)37-24(33)13(9-28-10-18(27)31)20(26)23(35-5)22(19)32/h9,14-15,17,28H,6-8,10-11H2,1-5H3,(H2,27,31)/b13-9-/t14?,15?,17?,25-,26-/m0/s1. The number of allylic oxidation sites excluding steroid dienone is 1. The highest BCUT2D eigenvalue weighted by Crippen LogP contribution is 2.62. The van der Waals surface area contributed by atoms with Crippen molar-refractivity contribution in [3.63, 3.8) is 0 Å². The van der Waals surface area contributed by atoms with Gasteiger partial charge in [-0.05, 0) is 18.9 Å². The summed E-state index contributed by atoms with van der Waals surface area (Å²) in [7, 11) is 2.79. The van der Waals surface area contributed by atoms with Crippen molar-refractivity contribution in [1.29, 1.82) is 0 Å². The third-order valence-electron chi connectivity index (χ3n) is 8.13. The fourth-order valence-corrected chi connectivity index (χ4v) is 6.52. The number of hydrogen-bond acceptors (Lipinski definition) is 10. The molecular formula is C26H32N2O9. The van der Waals surface area contributed by atoms with Gasteiger partial charge in [0, 0.05) is 55.6 Å². The average molecular weight is 517 g/mol. The summed E-state index contributed by atoms with van der Waals surface area (Å²) in [6.07, 6.45) is 0.401. The van der Waals surface area contributed by atoms with Crippen LogP contribution in [0.1, 0.15) is 40.0 Å². The number of esters is 2. The topological polar surface area (TPSA) is 160 Å². The molecule has 11 heteroatoms. The maximum absolute atomic E-state index is 14.1. The molecule has 1 heterocycles. The zero-order chi connectivity index (χ0) is 27.3. The van der Waals surface area contributed by atoms with Crippen molar-refractivity contribution in [2.45, 2.75) is 52.2 Å². The molecule has 0 aromatic carbocycles. The number of Topliss-reactive ketones (excluding diaryl/α,β-unsaturated/α-hetero) is 2. The number of hydrogen-bond donors (Lipinski definition) is 2. The summed E-state index contributed by atoms with van der Waals surface area (Å²) < 4.78 is 22.6. The van der Waals surface area contributed by atoms with Crippen molar-refractivity contribution in [3.05, 3.63) is 34.3 Å². The number of rotatable bonds is 7. The smallest absolute Gasteiger partial charge is 0.340 e. The first-order valence-corrected chi connectivity index (χ1v) is 12.1. The van der Waals surface area contributed by atoms with Crippen LogP contribution in [0, 0.1) is 16.7 Å². The van der Waals surface area contributed by atoms with Gasteiger partial charge >= 0.3 is 11.9 Å². The molecule has 0 radical (unpaired) electrons. The minimum atomic E-state index is -1.22. The molecule has 0 aromatic heterocycles. The van der Waals surface area contributed by atoms with Gasteiger partial charge in [-0.3, -0.25) is 19.2 Å². The van der Waals surface area contributed by atoms with E-state index in [0.717, 1.165) is 0 Å². The minimum absolute atomic E-state index is 0.00708. The van der Waals surface area contributed by atoms with E-state index in [1.807, 2.05) is 0 Å². The zero-order valence-corrected chi connectivity index (χ0v) is 21.6. The Morgan fingerprint density at radius 1 is 1.22 bits per heavy atom. The van der Waals surface area contributed by atoms with Crippen LogP contribution in [0.2, 0.25) is 0 Å². The Labute approximate surface area is 214 Å². The molecule has 3 N–H and O–H groups in total. The first-order valence-electron chi connectivity index (χ1n) is 12.1. The number of carbonyl (C=O) groups is 5. The van der Waals surface area contributed by atoms with E-state index in [0.29, 0.717) is 24.0 Å². The largest absolute Gasteiger partial charge is 0.492 e. The molecular weight excluding hydrogens is 484 g/mol. The fraction of sp³-hybridized carbons (Fsp3) is 0.577. The van der Waals surface area contributed by atoms with Crippen molar-refractivity contribution < 1.29 is 42.9 Å². The van der Waals surface area contributed by atoms with Gasteiger partial charge in [-0.2, -0.15) is 0 Å². The van der Waals surface area contributed by atoms with Gasteiger partial charge in [-0.25, -0.2) is 4.79 Å². The molecule has 0 aromatic rings. The van der Waals surface area contributed by atoms with E-state index < -0.39 is 52.6 Å². The molecule has 0 spiro atoms. The van der Waals surface area contributed by atoms with Gasteiger partial charge in [-0.1, -0.05) is 6.92 Å². The maximum Gasteiger partial charge on any atom is 0.340 e. The zero-order valence-electron chi connectivity index (χ0n) is 21.6. The number of primary amides is 1. The van der Waals surface area contributed by atoms with Crippen LogP contribution < -0.4 is 11.1 Å². The van der Waals surface area contributed by atoms with E-state index >= 15 is 0 Å². The molecule has 1 amide bonds. The Hall–Kier alpha value is -3.47. The van der Waals surface area contributed by atoms with Crippen LogP contribution in [0.15, 0.2) is 34.3 Å². The predicted molar refractivity (Wildman–Crippen MR) is 127 cm³/mol. The third kappa shape index (κ3) is 3.96. The second-order valence-electron chi connectivity index (χ2n) is 10.3. The second-order valence-corrected chi connectivity index (χ2v) is 10.3. The highest BCUT2D eigenvalue weighted by atomic mass is 16.6. The number of amides is 1. The predicted octanol–water partition coefficient (Wildman–Crippen LogP) is 0.624. The quantitative estimate of drug-likeness (QED) is 0.363. The normalized spacial score (nSPS) is 34.0. The van der Waals surface area contributed by atoms with Crippen LogP contribution in [0.4, 0.5) is 0 Å². The molecule has 200 valence electrons. The lowest BCUT2D eigenvalue weighted by Crippen LogP contribution is -2.57. The van der Waals surface area contributed by atoms with Gasteiger partial charge in [-0.15, -0.1) is 0 Å². The summed E-state index contributed by atoms with van der Waals surface area (Å²) in [5.41, 5.74) is 4.16. The SMILES string of the molecule is COCC1OC(=O)/C(=C\NCC(N)=O)C2=C(OC)C(=O)C3=C(C(OC(C)=O)C[C@]4(C)C(=O)CCC34)[C@]21C. The lowest BCUT2D eigenvalue weighted by molar-refractivity contribution is -0.160. The Bertz CT molecular complexity index is 1180. The molecule has 1 aliphatic heterocycles. The highest BCUT2D eigenvalue weighted by Gasteiger charge is 2.64. The Kier molecular flexibility index (Phi) is 6.78. The molecule has 3 aliphatic carbocycles. The van der Waals surface area contributed by atoms with Crippen LogP contribution >= 0.6 is 0 Å². The van der Waals surface area contributed by atoms with E-state index in [1.54, 1.807) is 13.8 Å². The molecule has 5 atom stereocenters. The fourth-order valence-electron chi connectivity index (χ4n) is 6.52. The van der Waals surface area contributed by atoms with Gasteiger partial charge in [0.1, 0.15) is 18.0 Å². The average Bonchev–Trinajstić information content (AvgIpc) is 3.10. The summed E-state index contributed by atoms with van der Waals surface area (Å²) in [6, 6.07) is 0. The molecule has 2 fully saturated rings. The Balaban J connectivity index is 2.02. The van der Waals surface area contributed by atoms with Crippen molar-refractivity contribution in [2.75, 3.05) is 27.4 Å². The number of carbonyl (C=O) groups excluding carboxylic acids is 5. The first kappa shape index (κ1) is 26.6. The number of ketones is 2. The Morgan fingerprint density at radius 2 is 1.92 bits per heavy atom. The van der Waals surface area contributed by atoms with E-state index in [4.69, 9.17) is 24.7 Å². The van der Waals surface area contributed by atoms with Crippen LogP contribution in [0.5, 0.6) is 0 Å². The number of cyclic esters (lactones) is 1. The van der Waals surface area contributed by atoms with Crippen molar-refractivity contribution in [3.8, 4) is 0 Å². The first-order chi connectivity index (χ1) is 17.4. The van der Waals surface area contributed by atoms with Gasteiger partial charge < -0.3 is 30.0 Å². The van der Waals surface area contributed by atoms with E-state index in [-0.39, 0.29) is 42.3 Å². The molecule has 1 saturated carbocycles. The van der Waals surface area contributed by atoms with Gasteiger partial charge in [0.2, 0.25) is 11.7 Å². The van der Waals surface area contributed by atoms with Crippen LogP contribution in [0.3, 0.4) is 0 Å². The lowest BCUT2D eigenvalue weighted by atomic mass is 9.53. The molecule has 4 rings (SSSR count). The minimum Gasteiger partial charge on any atom is -0.492 e. The lowest BCUT2D eigenvalue weighted by Gasteiger charge is -2.53. The molecule has 1 saturated heterocycles. The summed E-state index contributed by atoms with van der Waals surface area (Å²) in [6.45, 7) is 4.58. The van der Waals surface area contributed by atoms with Gasteiger partial charge in [0.05, 0.1) is 31.2 Å². The summed E-state index contributed by atoms with van der Waals surface area (Å²) in [4.78, 5) is 63.8. The molecule has 4 aliphatic rings. The number of ether oxygens (including phenoxy) is 4. The van der Waals surface area contributed by atoms with E-state index in [1.165, 1.54) is 27.3 Å². The van der Waals surface area contributed by atoms with Crippen LogP contribution in [0.25, 0.3) is 0 Å². The second kappa shape index (κ2) is 9.44. The van der Waals surface area contributed by atoms with Crippen molar-refractivity contribution >= 4 is 29.4 Å². The molecule has 3 unspecified atom stereocenters. The summed E-state index contributed by atoms with van der Waals surface area (Å²) in [5, 5.41) is 2.69. The number of methoxy groups -OCH3 is 2. The maximum atomic E-state index is 14.1. The number of nitrogens with two attached hydrogens (primary N) is 1. The molecule has 37 heavy (non-hydrogen) atoms. The Morgan fingerprint density at radius 3 is 2.51 bits per heavy atom. The number of nitrogens with one attached hydrogen (secondary N) is 1. The van der Waals surface area contributed by atoms with Crippen LogP contribution in [-0.4, -0.2) is 69.0 Å².